The van der Waals surface area contributed by atoms with E-state index >= 15 is 0 Å². The molecule has 0 fully saturated rings. The summed E-state index contributed by atoms with van der Waals surface area (Å²) in [5.74, 6) is 0.800. The first-order valence-corrected chi connectivity index (χ1v) is 8.88. The molecule has 0 heterocycles. The second-order valence-electron chi connectivity index (χ2n) is 5.96. The van der Waals surface area contributed by atoms with Crippen molar-refractivity contribution in [1.82, 2.24) is 4.90 Å². The lowest BCUT2D eigenvalue weighted by atomic mass is 10.2. The lowest BCUT2D eigenvalue weighted by Gasteiger charge is -2.11. The first-order chi connectivity index (χ1) is 12.4. The van der Waals surface area contributed by atoms with Crippen LogP contribution < -0.4 is 14.8 Å². The minimum atomic E-state index is -0.309. The number of carbonyl (C=O) groups excluding carboxylic acids is 1. The molecule has 2 rings (SSSR count). The zero-order valence-corrected chi connectivity index (χ0v) is 16.5. The van der Waals surface area contributed by atoms with Crippen LogP contribution in [0.5, 0.6) is 11.5 Å². The number of nitrogens with one attached hydrogen (secondary N) is 1. The summed E-state index contributed by atoms with van der Waals surface area (Å²) in [6, 6.07) is 10.2. The number of hydrogen-bond acceptors (Lipinski definition) is 4. The van der Waals surface area contributed by atoms with Crippen molar-refractivity contribution in [2.45, 2.75) is 6.42 Å². The number of amides is 1. The number of rotatable bonds is 8. The molecule has 0 aliphatic rings. The highest BCUT2D eigenvalue weighted by atomic mass is 35.5. The summed E-state index contributed by atoms with van der Waals surface area (Å²) in [5.41, 5.74) is 1.00. The zero-order chi connectivity index (χ0) is 19.1. The number of ether oxygens (including phenoxy) is 2. The average Bonchev–Trinajstić information content (AvgIpc) is 2.59. The first-order valence-electron chi connectivity index (χ1n) is 8.12. The molecule has 0 bridgehead atoms. The minimum absolute atomic E-state index is 0.284. The fourth-order valence-corrected chi connectivity index (χ4v) is 2.94. The summed E-state index contributed by atoms with van der Waals surface area (Å²) >= 11 is 12.1. The Bertz CT molecular complexity index is 726. The molecule has 0 unspecified atom stereocenters. The molecule has 0 saturated heterocycles. The Morgan fingerprint density at radius 3 is 2.27 bits per heavy atom. The van der Waals surface area contributed by atoms with Crippen LogP contribution in [0.1, 0.15) is 16.8 Å². The van der Waals surface area contributed by atoms with E-state index in [1.54, 1.807) is 12.1 Å². The molecular formula is C19H22Cl2N2O3. The van der Waals surface area contributed by atoms with Crippen LogP contribution in [0.4, 0.5) is 5.69 Å². The van der Waals surface area contributed by atoms with Gasteiger partial charge in [-0.2, -0.15) is 0 Å². The van der Waals surface area contributed by atoms with Gasteiger partial charge in [0.05, 0.1) is 23.8 Å². The van der Waals surface area contributed by atoms with Crippen molar-refractivity contribution in [3.8, 4) is 11.5 Å². The van der Waals surface area contributed by atoms with Crippen LogP contribution >= 0.6 is 23.2 Å². The molecular weight excluding hydrogens is 375 g/mol. The van der Waals surface area contributed by atoms with Crippen molar-refractivity contribution in [3.05, 3.63) is 52.0 Å². The molecule has 0 atom stereocenters. The number of benzene rings is 2. The molecule has 0 aromatic heterocycles. The van der Waals surface area contributed by atoms with Crippen LogP contribution in [0.2, 0.25) is 10.0 Å². The predicted octanol–water partition coefficient (Wildman–Crippen LogP) is 4.58. The van der Waals surface area contributed by atoms with Gasteiger partial charge in [-0.15, -0.1) is 0 Å². The Labute approximate surface area is 163 Å². The summed E-state index contributed by atoms with van der Waals surface area (Å²) in [4.78, 5) is 14.5. The van der Waals surface area contributed by atoms with Crippen LogP contribution in [-0.4, -0.2) is 45.2 Å². The van der Waals surface area contributed by atoms with E-state index in [-0.39, 0.29) is 16.0 Å². The van der Waals surface area contributed by atoms with E-state index in [0.29, 0.717) is 23.6 Å². The number of anilines is 1. The predicted molar refractivity (Wildman–Crippen MR) is 106 cm³/mol. The Balaban J connectivity index is 1.95. The normalized spacial score (nSPS) is 10.7. The second kappa shape index (κ2) is 9.67. The van der Waals surface area contributed by atoms with Gasteiger partial charge in [0.15, 0.2) is 5.75 Å². The highest BCUT2D eigenvalue weighted by Crippen LogP contribution is 2.34. The molecule has 7 heteroatoms. The van der Waals surface area contributed by atoms with Crippen molar-refractivity contribution in [1.29, 1.82) is 0 Å². The number of methoxy groups -OCH3 is 1. The smallest absolute Gasteiger partial charge is 0.255 e. The van der Waals surface area contributed by atoms with Crippen molar-refractivity contribution in [2.75, 3.05) is 39.7 Å². The van der Waals surface area contributed by atoms with Crippen LogP contribution in [0.3, 0.4) is 0 Å². The van der Waals surface area contributed by atoms with Crippen LogP contribution in [0.15, 0.2) is 36.4 Å². The summed E-state index contributed by atoms with van der Waals surface area (Å²) in [5, 5.41) is 3.37. The van der Waals surface area contributed by atoms with Gasteiger partial charge in [-0.3, -0.25) is 4.79 Å². The number of carbonyl (C=O) groups is 1. The largest absolute Gasteiger partial charge is 0.494 e. The highest BCUT2D eigenvalue weighted by molar-refractivity contribution is 6.37. The van der Waals surface area contributed by atoms with Gasteiger partial charge in [-0.25, -0.2) is 0 Å². The van der Waals surface area contributed by atoms with E-state index in [2.05, 4.69) is 10.2 Å². The summed E-state index contributed by atoms with van der Waals surface area (Å²) in [6.07, 6.45) is 0.949. The standard InChI is InChI=1S/C19H22Cl2N2O3/c1-23(2)9-4-10-26-15-7-5-14(6-8-15)22-19(24)13-11-16(20)18(25-3)17(21)12-13/h5-8,11-12H,4,9-10H2,1-3H3,(H,22,24). The molecule has 5 nitrogen and oxygen atoms in total. The van der Waals surface area contributed by atoms with Crippen molar-refractivity contribution in [2.24, 2.45) is 0 Å². The average molecular weight is 397 g/mol. The van der Waals surface area contributed by atoms with Gasteiger partial charge in [-0.05, 0) is 56.9 Å². The molecule has 1 amide bonds. The van der Waals surface area contributed by atoms with E-state index in [1.165, 1.54) is 19.2 Å². The van der Waals surface area contributed by atoms with E-state index < -0.39 is 0 Å². The van der Waals surface area contributed by atoms with Crippen LogP contribution in [-0.2, 0) is 0 Å². The van der Waals surface area contributed by atoms with E-state index in [9.17, 15) is 4.79 Å². The maximum atomic E-state index is 12.4. The summed E-state index contributed by atoms with van der Waals surface area (Å²) in [6.45, 7) is 1.62. The Morgan fingerprint density at radius 2 is 1.73 bits per heavy atom. The molecule has 1 N–H and O–H groups in total. The molecule has 0 aliphatic carbocycles. The number of nitrogens with zero attached hydrogens (tertiary/aromatic N) is 1. The van der Waals surface area contributed by atoms with Gasteiger partial charge in [0.25, 0.3) is 5.91 Å². The lowest BCUT2D eigenvalue weighted by Crippen LogP contribution is -2.15. The molecule has 0 aliphatic heterocycles. The Kier molecular flexibility index (Phi) is 7.57. The van der Waals surface area contributed by atoms with E-state index in [4.69, 9.17) is 32.7 Å². The van der Waals surface area contributed by atoms with Gasteiger partial charge in [-0.1, -0.05) is 23.2 Å². The minimum Gasteiger partial charge on any atom is -0.494 e. The zero-order valence-electron chi connectivity index (χ0n) is 15.0. The summed E-state index contributed by atoms with van der Waals surface area (Å²) in [7, 11) is 5.53. The molecule has 26 heavy (non-hydrogen) atoms. The quantitative estimate of drug-likeness (QED) is 0.663. The third-order valence-corrected chi connectivity index (χ3v) is 4.16. The highest BCUT2D eigenvalue weighted by Gasteiger charge is 2.13. The summed E-state index contributed by atoms with van der Waals surface area (Å²) < 4.78 is 10.8. The number of halogens is 2. The van der Waals surface area contributed by atoms with Crippen LogP contribution in [0, 0.1) is 0 Å². The van der Waals surface area contributed by atoms with Crippen LogP contribution in [0.25, 0.3) is 0 Å². The molecule has 2 aromatic rings. The fourth-order valence-electron chi connectivity index (χ4n) is 2.29. The topological polar surface area (TPSA) is 50.8 Å². The third kappa shape index (κ3) is 5.80. The first kappa shape index (κ1) is 20.4. The van der Waals surface area contributed by atoms with Gasteiger partial charge < -0.3 is 19.7 Å². The van der Waals surface area contributed by atoms with Crippen molar-refractivity contribution in [3.63, 3.8) is 0 Å². The maximum Gasteiger partial charge on any atom is 0.255 e. The molecule has 0 saturated carbocycles. The Hall–Kier alpha value is -1.95. The van der Waals surface area contributed by atoms with Crippen molar-refractivity contribution < 1.29 is 14.3 Å². The molecule has 0 spiro atoms. The van der Waals surface area contributed by atoms with Crippen molar-refractivity contribution >= 4 is 34.8 Å². The van der Waals surface area contributed by atoms with E-state index in [1.807, 2.05) is 26.2 Å². The molecule has 2 aromatic carbocycles. The molecule has 140 valence electrons. The Morgan fingerprint density at radius 1 is 1.12 bits per heavy atom. The fraction of sp³-hybridized carbons (Fsp3) is 0.316. The van der Waals surface area contributed by atoms with Gasteiger partial charge in [0.2, 0.25) is 0 Å². The number of hydrogen-bond donors (Lipinski definition) is 1. The van der Waals surface area contributed by atoms with Gasteiger partial charge >= 0.3 is 0 Å². The van der Waals surface area contributed by atoms with Gasteiger partial charge in [0, 0.05) is 17.8 Å². The molecule has 0 radical (unpaired) electrons. The second-order valence-corrected chi connectivity index (χ2v) is 6.77. The van der Waals surface area contributed by atoms with Gasteiger partial charge in [0.1, 0.15) is 5.75 Å². The SMILES string of the molecule is COc1c(Cl)cc(C(=O)Nc2ccc(OCCCN(C)C)cc2)cc1Cl. The van der Waals surface area contributed by atoms with E-state index in [0.717, 1.165) is 18.7 Å². The lowest BCUT2D eigenvalue weighted by molar-refractivity contribution is 0.102. The third-order valence-electron chi connectivity index (χ3n) is 3.60. The monoisotopic (exact) mass is 396 g/mol. The maximum absolute atomic E-state index is 12.4.